The van der Waals surface area contributed by atoms with Gasteiger partial charge in [-0.2, -0.15) is 0 Å². The predicted molar refractivity (Wildman–Crippen MR) is 90.0 cm³/mol. The van der Waals surface area contributed by atoms with Gasteiger partial charge in [-0.05, 0) is 30.7 Å². The summed E-state index contributed by atoms with van der Waals surface area (Å²) in [6.45, 7) is 2.28. The zero-order valence-corrected chi connectivity index (χ0v) is 13.6. The number of nitrogens with one attached hydrogen (secondary N) is 1. The van der Waals surface area contributed by atoms with E-state index in [1.165, 1.54) is 7.11 Å². The Morgan fingerprint density at radius 1 is 1.12 bits per heavy atom. The third-order valence-corrected chi connectivity index (χ3v) is 3.42. The van der Waals surface area contributed by atoms with Crippen molar-refractivity contribution < 1.29 is 19.1 Å². The molecule has 0 bridgehead atoms. The second kappa shape index (κ2) is 8.01. The molecule has 0 aromatic heterocycles. The second-order valence-electron chi connectivity index (χ2n) is 5.02. The molecular weight excluding hydrogens is 308 g/mol. The Balaban J connectivity index is 2.24. The van der Waals surface area contributed by atoms with Crippen LogP contribution in [-0.4, -0.2) is 25.5 Å². The molecule has 0 heterocycles. The largest absolute Gasteiger partial charge is 0.493 e. The van der Waals surface area contributed by atoms with Gasteiger partial charge in [0.2, 0.25) is 5.91 Å². The fraction of sp³-hybridized carbons (Fsp3) is 0.222. The highest BCUT2D eigenvalue weighted by Crippen LogP contribution is 2.28. The lowest BCUT2D eigenvalue weighted by atomic mass is 10.1. The average molecular weight is 328 g/mol. The molecule has 24 heavy (non-hydrogen) atoms. The molecule has 6 nitrogen and oxygen atoms in total. The molecule has 0 spiro atoms. The highest BCUT2D eigenvalue weighted by atomic mass is 16.5. The van der Waals surface area contributed by atoms with Crippen molar-refractivity contribution in [3.05, 3.63) is 59.7 Å². The molecule has 6 heteroatoms. The molecule has 0 aliphatic carbocycles. The van der Waals surface area contributed by atoms with Gasteiger partial charge in [0.25, 0.3) is 5.91 Å². The van der Waals surface area contributed by atoms with Crippen LogP contribution in [0.5, 0.6) is 11.5 Å². The first-order valence-corrected chi connectivity index (χ1v) is 7.52. The Labute approximate surface area is 140 Å². The van der Waals surface area contributed by atoms with Crippen LogP contribution < -0.4 is 20.5 Å². The van der Waals surface area contributed by atoms with E-state index in [4.69, 9.17) is 15.2 Å². The fourth-order valence-corrected chi connectivity index (χ4v) is 2.26. The number of nitrogens with two attached hydrogens (primary N) is 1. The van der Waals surface area contributed by atoms with Gasteiger partial charge in [0.15, 0.2) is 11.5 Å². The van der Waals surface area contributed by atoms with Gasteiger partial charge in [0.05, 0.1) is 13.7 Å². The van der Waals surface area contributed by atoms with Gasteiger partial charge < -0.3 is 20.5 Å². The number of amides is 2. The maximum absolute atomic E-state index is 12.5. The zero-order valence-electron chi connectivity index (χ0n) is 13.6. The minimum Gasteiger partial charge on any atom is -0.493 e. The van der Waals surface area contributed by atoms with Crippen molar-refractivity contribution in [3.63, 3.8) is 0 Å². The number of carbonyl (C=O) groups excluding carboxylic acids is 2. The highest BCUT2D eigenvalue weighted by Gasteiger charge is 2.21. The van der Waals surface area contributed by atoms with E-state index in [-0.39, 0.29) is 0 Å². The molecule has 2 rings (SSSR count). The summed E-state index contributed by atoms with van der Waals surface area (Å²) in [5, 5.41) is 2.65. The molecule has 2 amide bonds. The summed E-state index contributed by atoms with van der Waals surface area (Å²) in [4.78, 5) is 24.2. The average Bonchev–Trinajstić information content (AvgIpc) is 2.60. The van der Waals surface area contributed by atoms with E-state index in [0.29, 0.717) is 29.2 Å². The predicted octanol–water partition coefficient (Wildman–Crippen LogP) is 2.05. The Morgan fingerprint density at radius 3 is 2.42 bits per heavy atom. The molecule has 126 valence electrons. The van der Waals surface area contributed by atoms with Crippen molar-refractivity contribution in [1.29, 1.82) is 0 Å². The Bertz CT molecular complexity index is 716. The quantitative estimate of drug-likeness (QED) is 0.814. The number of benzene rings is 2. The van der Waals surface area contributed by atoms with Gasteiger partial charge in [-0.1, -0.05) is 30.3 Å². The first-order valence-electron chi connectivity index (χ1n) is 7.52. The number of hydrogen-bond donors (Lipinski definition) is 2. The molecule has 0 saturated carbocycles. The second-order valence-corrected chi connectivity index (χ2v) is 5.02. The lowest BCUT2D eigenvalue weighted by molar-refractivity contribution is -0.120. The fourth-order valence-electron chi connectivity index (χ4n) is 2.26. The van der Waals surface area contributed by atoms with Crippen LogP contribution in [0.15, 0.2) is 48.5 Å². The van der Waals surface area contributed by atoms with Crippen molar-refractivity contribution >= 4 is 11.8 Å². The van der Waals surface area contributed by atoms with E-state index in [1.54, 1.807) is 42.5 Å². The van der Waals surface area contributed by atoms with Crippen molar-refractivity contribution in [3.8, 4) is 11.5 Å². The van der Waals surface area contributed by atoms with Crippen LogP contribution in [0.25, 0.3) is 0 Å². The van der Waals surface area contributed by atoms with Crippen LogP contribution in [0.3, 0.4) is 0 Å². The summed E-state index contributed by atoms with van der Waals surface area (Å²) in [6, 6.07) is 12.7. The lowest BCUT2D eigenvalue weighted by Crippen LogP contribution is -2.37. The third kappa shape index (κ3) is 4.04. The molecular formula is C18H20N2O4. The molecule has 2 aromatic rings. The van der Waals surface area contributed by atoms with Crippen molar-refractivity contribution in [2.24, 2.45) is 5.73 Å². The van der Waals surface area contributed by atoms with Gasteiger partial charge in [0, 0.05) is 5.56 Å². The molecule has 3 N–H and O–H groups in total. The zero-order chi connectivity index (χ0) is 17.5. The number of rotatable bonds is 7. The van der Waals surface area contributed by atoms with Crippen LogP contribution in [0.4, 0.5) is 0 Å². The van der Waals surface area contributed by atoms with Crippen LogP contribution in [-0.2, 0) is 4.79 Å². The van der Waals surface area contributed by atoms with Crippen LogP contribution in [0, 0.1) is 0 Å². The Morgan fingerprint density at radius 2 is 1.83 bits per heavy atom. The standard InChI is InChI=1S/C18H20N2O4/c1-3-24-15-11-13(9-10-14(15)23-2)18(22)20-16(17(19)21)12-7-5-4-6-8-12/h4-11,16H,3H2,1-2H3,(H2,19,21)(H,20,22). The molecule has 1 atom stereocenters. The van der Waals surface area contributed by atoms with Crippen LogP contribution in [0.2, 0.25) is 0 Å². The Hall–Kier alpha value is -3.02. The molecule has 0 aliphatic heterocycles. The van der Waals surface area contributed by atoms with Gasteiger partial charge >= 0.3 is 0 Å². The number of primary amides is 1. The summed E-state index contributed by atoms with van der Waals surface area (Å²) in [6.07, 6.45) is 0. The van der Waals surface area contributed by atoms with Gasteiger partial charge in [-0.3, -0.25) is 9.59 Å². The summed E-state index contributed by atoms with van der Waals surface area (Å²) >= 11 is 0. The monoisotopic (exact) mass is 328 g/mol. The normalized spacial score (nSPS) is 11.4. The van der Waals surface area contributed by atoms with Crippen LogP contribution in [0.1, 0.15) is 28.9 Å². The smallest absolute Gasteiger partial charge is 0.252 e. The SMILES string of the molecule is CCOc1cc(C(=O)NC(C(N)=O)c2ccccc2)ccc1OC. The maximum Gasteiger partial charge on any atom is 0.252 e. The summed E-state index contributed by atoms with van der Waals surface area (Å²) < 4.78 is 10.6. The lowest BCUT2D eigenvalue weighted by Gasteiger charge is -2.17. The summed E-state index contributed by atoms with van der Waals surface area (Å²) in [7, 11) is 1.52. The van der Waals surface area contributed by atoms with E-state index in [0.717, 1.165) is 0 Å². The number of ether oxygens (including phenoxy) is 2. The van der Waals surface area contributed by atoms with Gasteiger partial charge in [-0.25, -0.2) is 0 Å². The van der Waals surface area contributed by atoms with E-state index < -0.39 is 17.9 Å². The van der Waals surface area contributed by atoms with Crippen molar-refractivity contribution in [2.45, 2.75) is 13.0 Å². The molecule has 1 unspecified atom stereocenters. The molecule has 0 aliphatic rings. The molecule has 0 saturated heterocycles. The highest BCUT2D eigenvalue weighted by molar-refractivity contribution is 5.98. The number of hydrogen-bond acceptors (Lipinski definition) is 4. The van der Waals surface area contributed by atoms with E-state index in [1.807, 2.05) is 13.0 Å². The van der Waals surface area contributed by atoms with Gasteiger partial charge in [0.1, 0.15) is 6.04 Å². The Kier molecular flexibility index (Phi) is 5.78. The number of methoxy groups -OCH3 is 1. The minimum absolute atomic E-state index is 0.349. The van der Waals surface area contributed by atoms with E-state index in [2.05, 4.69) is 5.32 Å². The maximum atomic E-state index is 12.5. The molecule has 0 fully saturated rings. The molecule has 2 aromatic carbocycles. The van der Waals surface area contributed by atoms with E-state index >= 15 is 0 Å². The first-order chi connectivity index (χ1) is 11.6. The summed E-state index contributed by atoms with van der Waals surface area (Å²) in [5.74, 6) is -0.0646. The van der Waals surface area contributed by atoms with Crippen molar-refractivity contribution in [1.82, 2.24) is 5.32 Å². The van der Waals surface area contributed by atoms with Gasteiger partial charge in [-0.15, -0.1) is 0 Å². The third-order valence-electron chi connectivity index (χ3n) is 3.42. The topological polar surface area (TPSA) is 90.6 Å². The van der Waals surface area contributed by atoms with Crippen molar-refractivity contribution in [2.75, 3.05) is 13.7 Å². The number of carbonyl (C=O) groups is 2. The van der Waals surface area contributed by atoms with Crippen LogP contribution >= 0.6 is 0 Å². The first kappa shape index (κ1) is 17.3. The summed E-state index contributed by atoms with van der Waals surface area (Å²) in [5.41, 5.74) is 6.39. The minimum atomic E-state index is -0.906. The molecule has 0 radical (unpaired) electrons. The van der Waals surface area contributed by atoms with E-state index in [9.17, 15) is 9.59 Å².